The second kappa shape index (κ2) is 47.6. The number of aliphatic hydroxyl groups excluding tert-OH is 1. The van der Waals surface area contributed by atoms with Crippen molar-refractivity contribution in [1.29, 1.82) is 0 Å². The second-order valence-electron chi connectivity index (χ2n) is 31.6. The molecule has 0 radical (unpaired) electrons. The number of halogens is 9. The first-order chi connectivity index (χ1) is 65.6. The van der Waals surface area contributed by atoms with Crippen LogP contribution >= 0.6 is 128 Å². The molecule has 0 saturated carbocycles. The van der Waals surface area contributed by atoms with Crippen molar-refractivity contribution in [1.82, 2.24) is 0 Å². The maximum absolute atomic E-state index is 12.5. The topological polar surface area (TPSA) is 327 Å². The molecule has 0 bridgehead atoms. The molecule has 2 N–H and O–H groups in total. The Morgan fingerprint density at radius 3 is 1.57 bits per heavy atom. The van der Waals surface area contributed by atoms with Gasteiger partial charge in [-0.15, -0.1) is 58.8 Å². The molecule has 138 heavy (non-hydrogen) atoms. The molecule has 21 rings (SSSR count). The van der Waals surface area contributed by atoms with Gasteiger partial charge in [0.1, 0.15) is 71.9 Å². The zero-order valence-electron chi connectivity index (χ0n) is 73.8. The minimum Gasteiger partial charge on any atom is -0.497 e. The summed E-state index contributed by atoms with van der Waals surface area (Å²) in [5, 5.41) is 21.2. The number of aliphatic carboxylic acids is 1. The molecule has 11 aromatic rings. The monoisotopic (exact) mass is 2080 g/mol. The van der Waals surface area contributed by atoms with Crippen molar-refractivity contribution in [3.8, 4) is 34.5 Å². The number of esters is 1. The average Bonchev–Trinajstić information content (AvgIpc) is 1.78. The maximum atomic E-state index is 12.5. The predicted molar refractivity (Wildman–Crippen MR) is 525 cm³/mol. The maximum Gasteiger partial charge on any atom is 0.416 e. The Morgan fingerprint density at radius 2 is 0.964 bits per heavy atom. The number of aryl methyl sites for hydroxylation is 1. The third-order valence-electron chi connectivity index (χ3n) is 21.2. The number of para-hydroxylation sites is 2. The van der Waals surface area contributed by atoms with Gasteiger partial charge in [-0.05, 0) is 166 Å². The number of thioether (sulfide) groups is 5. The Hall–Kier alpha value is -11.2. The Kier molecular flexibility index (Phi) is 36.5. The molecule has 11 aromatic carbocycles. The van der Waals surface area contributed by atoms with E-state index < -0.39 is 53.5 Å². The zero-order valence-corrected chi connectivity index (χ0v) is 82.4. The number of benzene rings is 11. The van der Waals surface area contributed by atoms with Crippen LogP contribution in [0.5, 0.6) is 34.5 Å². The fourth-order valence-electron chi connectivity index (χ4n) is 14.5. The molecule has 4 atom stereocenters. The van der Waals surface area contributed by atoms with E-state index in [1.54, 1.807) is 182 Å². The van der Waals surface area contributed by atoms with Crippen molar-refractivity contribution < 1.29 is 119 Å². The number of carbonyl (C=O) groups excluding carboxylic acids is 12. The van der Waals surface area contributed by atoms with Gasteiger partial charge in [0.05, 0.1) is 97.7 Å². The highest BCUT2D eigenvalue weighted by atomic mass is 35.5. The fraction of sp³-hybridized carbons (Fsp3) is 0.225. The number of carboxylic acids is 1. The fourth-order valence-corrected chi connectivity index (χ4v) is 20.9. The van der Waals surface area contributed by atoms with Crippen molar-refractivity contribution in [2.24, 2.45) is 5.92 Å². The number of ketones is 11. The third kappa shape index (κ3) is 27.1. The van der Waals surface area contributed by atoms with Crippen molar-refractivity contribution in [2.45, 2.75) is 108 Å². The lowest BCUT2D eigenvalue weighted by Crippen LogP contribution is -2.36. The number of hydrogen-bond donors (Lipinski definition) is 2. The molecular formula is C102H81Cl6F3O22S5. The number of methoxy groups -OCH3 is 1. The van der Waals surface area contributed by atoms with Crippen LogP contribution in [0.25, 0.3) is 0 Å². The number of carboxylic acid groups (broad SMARTS) is 1. The number of alkyl halides is 3. The standard InChI is InChI=1S/C17H14O4.C11H9ClO4.C11H11ClO2.C11H10O4.C9H6Cl2OS.C9H7ClOS.C9H5F3OS.C9H8O3.C8H5ClOS.C8H6OS/c1-20-12-7-8-13-15(9-12)21-10-14(17(13)19)16(18)11-5-3-2-4-6-11;12-6-1-2-10-8(3-6)9(13)4-7(16-10)5-11(14)15;1-11(2)6-9(13)8-5-7(12)3-4-10(8)14-11;1-7(12)15-10-6-14-9-5-3-2-4-8(9)11(10)13;1-4-5(10)2-6(11)9-8(4)7(12)3-13-9;1-5-2-3-6(10)8-7(11)4-12-9(5)8;10-9(11,12)5-1-2-8-6(3-5)7(13)4-14-8;10-7-5-12-8-4-2-1-3-6(8)9(7)11;9-5-1-2-8-6(3-5)7(10)4-11-8;9-7-5-10-8-4-2-1-3-6(7)8/h2-9,14H,10H2,1H3;1-3,7H,4-5H2,(H,14,15);3-5H,6H2,1-2H3;2-5,10H,6H2,1H3;2H,3H2,1H3;2-3H,4H2,1H3;1-3H,4H2;1-4,7,10H,5H2;1-3H,4H2;1-4H,5H2. The second-order valence-corrected chi connectivity index (χ2v) is 39.2. The van der Waals surface area contributed by atoms with Crippen LogP contribution in [0, 0.1) is 19.8 Å². The molecule has 4 unspecified atom stereocenters. The molecule has 36 heteroatoms. The molecule has 10 heterocycles. The lowest BCUT2D eigenvalue weighted by molar-refractivity contribution is -0.145. The van der Waals surface area contributed by atoms with E-state index in [1.807, 2.05) is 76.2 Å². The molecule has 0 fully saturated rings. The number of rotatable bonds is 6. The summed E-state index contributed by atoms with van der Waals surface area (Å²) >= 11 is 42.6. The van der Waals surface area contributed by atoms with Gasteiger partial charge in [-0.2, -0.15) is 13.2 Å². The summed E-state index contributed by atoms with van der Waals surface area (Å²) in [5.74, 6) is 3.08. The minimum atomic E-state index is -4.37. The first kappa shape index (κ1) is 106. The summed E-state index contributed by atoms with van der Waals surface area (Å²) in [6, 6.07) is 59.4. The molecule has 0 aromatic heterocycles. The van der Waals surface area contributed by atoms with Crippen LogP contribution in [0.4, 0.5) is 13.2 Å². The summed E-state index contributed by atoms with van der Waals surface area (Å²) in [6.45, 7) is 9.15. The summed E-state index contributed by atoms with van der Waals surface area (Å²) in [7, 11) is 1.55. The summed E-state index contributed by atoms with van der Waals surface area (Å²) < 4.78 is 73.8. The molecule has 0 spiro atoms. The summed E-state index contributed by atoms with van der Waals surface area (Å²) in [6.07, 6.45) is -6.45. The molecule has 10 aliphatic heterocycles. The van der Waals surface area contributed by atoms with Crippen LogP contribution in [0.15, 0.2) is 237 Å². The highest BCUT2D eigenvalue weighted by molar-refractivity contribution is 8.01. The van der Waals surface area contributed by atoms with Gasteiger partial charge >= 0.3 is 18.1 Å². The highest BCUT2D eigenvalue weighted by Crippen LogP contribution is 2.45. The van der Waals surface area contributed by atoms with Gasteiger partial charge in [-0.25, -0.2) is 0 Å². The Balaban J connectivity index is 0.000000138. The van der Waals surface area contributed by atoms with Gasteiger partial charge in [0.15, 0.2) is 70.0 Å². The van der Waals surface area contributed by atoms with Crippen molar-refractivity contribution >= 4 is 204 Å². The quantitative estimate of drug-likeness (QED) is 0.0887. The van der Waals surface area contributed by atoms with E-state index in [-0.39, 0.29) is 108 Å². The molecule has 10 aliphatic rings. The predicted octanol–water partition coefficient (Wildman–Crippen LogP) is 23.9. The number of hydrogen-bond acceptors (Lipinski definition) is 26. The van der Waals surface area contributed by atoms with Gasteiger partial charge in [0.2, 0.25) is 5.78 Å². The summed E-state index contributed by atoms with van der Waals surface area (Å²) in [5.41, 5.74) is 7.04. The van der Waals surface area contributed by atoms with Crippen LogP contribution in [-0.4, -0.2) is 165 Å². The Morgan fingerprint density at radius 1 is 0.457 bits per heavy atom. The van der Waals surface area contributed by atoms with E-state index in [0.29, 0.717) is 138 Å². The van der Waals surface area contributed by atoms with Gasteiger partial charge in [0, 0.05) is 91.8 Å². The van der Waals surface area contributed by atoms with E-state index in [0.717, 1.165) is 59.5 Å². The van der Waals surface area contributed by atoms with Gasteiger partial charge in [-0.3, -0.25) is 62.3 Å². The number of carbonyl (C=O) groups is 13. The molecule has 0 saturated heterocycles. The first-order valence-corrected chi connectivity index (χ1v) is 49.1. The van der Waals surface area contributed by atoms with E-state index in [1.165, 1.54) is 42.6 Å². The van der Waals surface area contributed by atoms with Gasteiger partial charge in [-0.1, -0.05) is 148 Å². The van der Waals surface area contributed by atoms with E-state index in [4.69, 9.17) is 113 Å². The van der Waals surface area contributed by atoms with Crippen LogP contribution in [0.2, 0.25) is 30.1 Å². The number of ether oxygens (including phenoxy) is 7. The number of aliphatic hydroxyl groups is 1. The Labute approximate surface area is 841 Å². The normalized spacial score (nSPS) is 17.2. The molecule has 0 amide bonds. The van der Waals surface area contributed by atoms with Gasteiger partial charge < -0.3 is 43.4 Å². The Bertz CT molecular complexity index is 6640. The molecule has 714 valence electrons. The van der Waals surface area contributed by atoms with E-state index in [2.05, 4.69) is 0 Å². The van der Waals surface area contributed by atoms with Crippen LogP contribution < -0.4 is 28.4 Å². The lowest BCUT2D eigenvalue weighted by Gasteiger charge is -2.31. The minimum absolute atomic E-state index is 0.0622. The molecule has 0 aliphatic carbocycles. The number of fused-ring (bicyclic) bond motifs is 10. The highest BCUT2D eigenvalue weighted by Gasteiger charge is 2.39. The van der Waals surface area contributed by atoms with Crippen molar-refractivity contribution in [3.05, 3.63) is 320 Å². The van der Waals surface area contributed by atoms with E-state index in [9.17, 15) is 75.5 Å². The van der Waals surface area contributed by atoms with Crippen molar-refractivity contribution in [2.75, 3.05) is 55.7 Å². The van der Waals surface area contributed by atoms with Crippen LogP contribution in [-0.2, 0) is 20.5 Å². The lowest BCUT2D eigenvalue weighted by atomic mass is 9.88. The zero-order chi connectivity index (χ0) is 99.7. The number of Topliss-reactive ketones (excluding diaryl/α,β-unsaturated/α-hetero) is 11. The van der Waals surface area contributed by atoms with E-state index >= 15 is 0 Å². The first-order valence-electron chi connectivity index (χ1n) is 41.9. The van der Waals surface area contributed by atoms with Crippen molar-refractivity contribution in [3.63, 3.8) is 0 Å². The summed E-state index contributed by atoms with van der Waals surface area (Å²) in [4.78, 5) is 154. The molecular weight excluding hydrogens is 2010 g/mol. The third-order valence-corrected chi connectivity index (χ3v) is 28.6. The van der Waals surface area contributed by atoms with Crippen LogP contribution in [0.3, 0.4) is 0 Å². The SMILES string of the molecule is CC(=O)OC1COc2ccccc2C1=O.CC1(C)CC(=O)c2cc(Cl)ccc2O1.COc1ccc2c(c1)OCC(C(=O)c1ccccc1)C2=O.Cc1c(Cl)cc(Cl)c2c1C(=O)CS2.Cc1ccc(Cl)c2c1SCC2=O.O=C(O)CC1CC(=O)c2cc(Cl)ccc2O1.O=C1CSc2ccc(C(F)(F)F)cc21.O=C1CSc2ccc(Cl)cc21.O=C1CSc2ccccc21.O=C1c2ccccc2OCC1O. The van der Waals surface area contributed by atoms with Gasteiger partial charge in [0.25, 0.3) is 0 Å². The average molecular weight is 2090 g/mol. The largest absolute Gasteiger partial charge is 0.497 e. The van der Waals surface area contributed by atoms with Crippen LogP contribution in [0.1, 0.15) is 171 Å². The molecule has 22 nitrogen and oxygen atoms in total. The smallest absolute Gasteiger partial charge is 0.416 e.